The molecule has 3 nitrogen and oxygen atoms in total. The van der Waals surface area contributed by atoms with Crippen molar-refractivity contribution < 1.29 is 13.2 Å². The lowest BCUT2D eigenvalue weighted by atomic mass is 10.3. The maximum Gasteiger partial charge on any atom is 0.181 e. The zero-order valence-corrected chi connectivity index (χ0v) is 11.6. The predicted octanol–water partition coefficient (Wildman–Crippen LogP) is 3.14. The monoisotopic (exact) mass is 294 g/mol. The molecule has 1 aromatic rings. The second kappa shape index (κ2) is 5.85. The predicted molar refractivity (Wildman–Crippen MR) is 68.4 cm³/mol. The molecule has 0 saturated carbocycles. The van der Waals surface area contributed by atoms with E-state index in [1.165, 1.54) is 19.1 Å². The lowest BCUT2D eigenvalue weighted by Gasteiger charge is -2.07. The van der Waals surface area contributed by atoms with Crippen LogP contribution in [-0.2, 0) is 14.6 Å². The minimum atomic E-state index is -3.53. The van der Waals surface area contributed by atoms with Gasteiger partial charge < -0.3 is 4.79 Å². The second-order valence-corrected chi connectivity index (χ2v) is 6.54. The number of halogens is 2. The van der Waals surface area contributed by atoms with E-state index >= 15 is 0 Å². The zero-order chi connectivity index (χ0) is 13.1. The molecule has 0 aliphatic carbocycles. The number of hydrogen-bond acceptors (Lipinski definition) is 3. The van der Waals surface area contributed by atoms with Crippen LogP contribution in [0.15, 0.2) is 23.1 Å². The number of benzene rings is 1. The number of Topliss-reactive ketones (excluding diaryl/α,β-unsaturated/α-hetero) is 1. The van der Waals surface area contributed by atoms with E-state index in [1.54, 1.807) is 6.07 Å². The van der Waals surface area contributed by atoms with Crippen molar-refractivity contribution in [3.05, 3.63) is 28.2 Å². The smallest absolute Gasteiger partial charge is 0.181 e. The Kier molecular flexibility index (Phi) is 4.98. The Hall–Kier alpha value is -0.580. The molecule has 6 heteroatoms. The molecule has 0 spiro atoms. The van der Waals surface area contributed by atoms with Gasteiger partial charge in [-0.05, 0) is 25.5 Å². The molecule has 0 saturated heterocycles. The molecular weight excluding hydrogens is 283 g/mol. The summed E-state index contributed by atoms with van der Waals surface area (Å²) in [6.07, 6.45) is 0.514. The number of hydrogen-bond donors (Lipinski definition) is 0. The van der Waals surface area contributed by atoms with E-state index < -0.39 is 9.84 Å². The van der Waals surface area contributed by atoms with Crippen LogP contribution >= 0.6 is 23.2 Å². The fourth-order valence-corrected chi connectivity index (χ4v) is 3.95. The van der Waals surface area contributed by atoms with Crippen molar-refractivity contribution in [2.45, 2.75) is 24.7 Å². The maximum absolute atomic E-state index is 12.0. The first-order valence-electron chi connectivity index (χ1n) is 5.01. The van der Waals surface area contributed by atoms with Crippen molar-refractivity contribution in [3.63, 3.8) is 0 Å². The average molecular weight is 295 g/mol. The van der Waals surface area contributed by atoms with E-state index in [9.17, 15) is 13.2 Å². The normalized spacial score (nSPS) is 11.5. The maximum atomic E-state index is 12.0. The van der Waals surface area contributed by atoms with Gasteiger partial charge in [0.25, 0.3) is 0 Å². The van der Waals surface area contributed by atoms with Gasteiger partial charge in [0, 0.05) is 6.42 Å². The number of carbonyl (C=O) groups is 1. The van der Waals surface area contributed by atoms with Crippen LogP contribution in [0.4, 0.5) is 0 Å². The minimum Gasteiger partial charge on any atom is -0.300 e. The minimum absolute atomic E-state index is 0.0366. The third-order valence-corrected chi connectivity index (χ3v) is 4.91. The van der Waals surface area contributed by atoms with Crippen molar-refractivity contribution in [1.29, 1.82) is 0 Å². The summed E-state index contributed by atoms with van der Waals surface area (Å²) in [5.41, 5.74) is 0. The molecule has 0 heterocycles. The highest BCUT2D eigenvalue weighted by Crippen LogP contribution is 2.30. The highest BCUT2D eigenvalue weighted by molar-refractivity contribution is 7.91. The molecule has 1 aromatic carbocycles. The molecule has 94 valence electrons. The first-order valence-corrected chi connectivity index (χ1v) is 7.41. The Bertz CT molecular complexity index is 503. The van der Waals surface area contributed by atoms with Crippen LogP contribution in [0, 0.1) is 0 Å². The summed E-state index contributed by atoms with van der Waals surface area (Å²) < 4.78 is 24.0. The van der Waals surface area contributed by atoms with Gasteiger partial charge in [0.05, 0.1) is 15.8 Å². The molecule has 0 bridgehead atoms. The molecule has 17 heavy (non-hydrogen) atoms. The molecule has 0 aliphatic rings. The molecule has 0 unspecified atom stereocenters. The van der Waals surface area contributed by atoms with Crippen LogP contribution in [0.2, 0.25) is 10.0 Å². The summed E-state index contributed by atoms with van der Waals surface area (Å²) >= 11 is 11.6. The summed E-state index contributed by atoms with van der Waals surface area (Å²) in [6, 6.07) is 4.54. The van der Waals surface area contributed by atoms with Crippen molar-refractivity contribution in [2.75, 3.05) is 5.75 Å². The van der Waals surface area contributed by atoms with Gasteiger partial charge in [-0.2, -0.15) is 0 Å². The van der Waals surface area contributed by atoms with E-state index in [1.807, 2.05) is 0 Å². The van der Waals surface area contributed by atoms with Gasteiger partial charge in [-0.1, -0.05) is 29.3 Å². The van der Waals surface area contributed by atoms with Crippen LogP contribution in [-0.4, -0.2) is 20.0 Å². The van der Waals surface area contributed by atoms with E-state index in [2.05, 4.69) is 0 Å². The number of rotatable bonds is 5. The molecular formula is C11H12Cl2O3S. The van der Waals surface area contributed by atoms with Gasteiger partial charge in [0.1, 0.15) is 10.7 Å². The quantitative estimate of drug-likeness (QED) is 0.838. The third kappa shape index (κ3) is 3.98. The highest BCUT2D eigenvalue weighted by Gasteiger charge is 2.21. The van der Waals surface area contributed by atoms with Crippen molar-refractivity contribution in [1.82, 2.24) is 0 Å². The molecule has 0 fully saturated rings. The first kappa shape index (κ1) is 14.5. The van der Waals surface area contributed by atoms with E-state index in [-0.39, 0.29) is 39.3 Å². The van der Waals surface area contributed by atoms with Gasteiger partial charge in [-0.25, -0.2) is 8.42 Å². The van der Waals surface area contributed by atoms with Crippen LogP contribution in [0.3, 0.4) is 0 Å². The Morgan fingerprint density at radius 2 is 1.76 bits per heavy atom. The van der Waals surface area contributed by atoms with Crippen molar-refractivity contribution in [2.24, 2.45) is 0 Å². The van der Waals surface area contributed by atoms with E-state index in [0.29, 0.717) is 0 Å². The third-order valence-electron chi connectivity index (χ3n) is 2.17. The standard InChI is InChI=1S/C11H12Cl2O3S/c1-8(14)4-3-7-17(15,16)11-9(12)5-2-6-10(11)13/h2,5-6H,3-4,7H2,1H3. The number of sulfone groups is 1. The SMILES string of the molecule is CC(=O)CCCS(=O)(=O)c1c(Cl)cccc1Cl. The summed E-state index contributed by atoms with van der Waals surface area (Å²) in [4.78, 5) is 10.7. The molecule has 1 rings (SSSR count). The fraction of sp³-hybridized carbons (Fsp3) is 0.364. The van der Waals surface area contributed by atoms with Crippen LogP contribution in [0.25, 0.3) is 0 Å². The summed E-state index contributed by atoms with van der Waals surface area (Å²) in [5, 5.41) is 0.223. The van der Waals surface area contributed by atoms with Crippen LogP contribution in [0.1, 0.15) is 19.8 Å². The molecule has 0 radical (unpaired) electrons. The second-order valence-electron chi connectivity index (χ2n) is 3.68. The van der Waals surface area contributed by atoms with Crippen LogP contribution < -0.4 is 0 Å². The average Bonchev–Trinajstić information content (AvgIpc) is 2.15. The number of ketones is 1. The molecule has 0 amide bonds. The molecule has 0 N–H and O–H groups in total. The number of carbonyl (C=O) groups excluding carboxylic acids is 1. The largest absolute Gasteiger partial charge is 0.300 e. The Labute approximate surface area is 111 Å². The van der Waals surface area contributed by atoms with Gasteiger partial charge in [-0.3, -0.25) is 0 Å². The van der Waals surface area contributed by atoms with E-state index in [4.69, 9.17) is 23.2 Å². The summed E-state index contributed by atoms with van der Waals surface area (Å²) in [6.45, 7) is 1.43. The summed E-state index contributed by atoms with van der Waals surface area (Å²) in [7, 11) is -3.53. The van der Waals surface area contributed by atoms with E-state index in [0.717, 1.165) is 0 Å². The molecule has 0 aromatic heterocycles. The van der Waals surface area contributed by atoms with Crippen molar-refractivity contribution >= 4 is 38.8 Å². The first-order chi connectivity index (χ1) is 7.84. The molecule has 0 aliphatic heterocycles. The van der Waals surface area contributed by atoms with Crippen molar-refractivity contribution in [3.8, 4) is 0 Å². The zero-order valence-electron chi connectivity index (χ0n) is 9.24. The lowest BCUT2D eigenvalue weighted by Crippen LogP contribution is -2.09. The Morgan fingerprint density at radius 3 is 2.24 bits per heavy atom. The van der Waals surface area contributed by atoms with Gasteiger partial charge in [0.15, 0.2) is 9.84 Å². The highest BCUT2D eigenvalue weighted by atomic mass is 35.5. The van der Waals surface area contributed by atoms with Crippen LogP contribution in [0.5, 0.6) is 0 Å². The Balaban J connectivity index is 2.94. The van der Waals surface area contributed by atoms with Gasteiger partial charge >= 0.3 is 0 Å². The molecule has 0 atom stereocenters. The van der Waals surface area contributed by atoms with Gasteiger partial charge in [0.2, 0.25) is 0 Å². The lowest BCUT2D eigenvalue weighted by molar-refractivity contribution is -0.117. The topological polar surface area (TPSA) is 51.2 Å². The van der Waals surface area contributed by atoms with Gasteiger partial charge in [-0.15, -0.1) is 0 Å². The Morgan fingerprint density at radius 1 is 1.24 bits per heavy atom. The summed E-state index contributed by atoms with van der Waals surface area (Å²) in [5.74, 6) is -0.166. The fourth-order valence-electron chi connectivity index (χ4n) is 1.39.